The molecule has 5 heteroatoms. The molecule has 0 fully saturated rings. The largest absolute Gasteiger partial charge is 3.00 e. The van der Waals surface area contributed by atoms with E-state index in [0.29, 0.717) is 18.4 Å². The molecule has 0 aliphatic carbocycles. The van der Waals surface area contributed by atoms with Gasteiger partial charge in [0.15, 0.2) is 0 Å². The molecule has 0 atom stereocenters. The van der Waals surface area contributed by atoms with Crippen molar-refractivity contribution in [3.8, 4) is 0 Å². The molecule has 1 heterocycles. The van der Waals surface area contributed by atoms with E-state index in [4.69, 9.17) is 6.58 Å². The molecule has 0 spiro atoms. The van der Waals surface area contributed by atoms with Crippen LogP contribution in [0.1, 0.15) is 12.0 Å². The molecular formula is C9H11N2O2Y+2. The SMILES string of the molecule is [CH-]=CCCc1cn(C)c(=O)[nH]c1=O.[Y+3]. The van der Waals surface area contributed by atoms with Crippen LogP contribution in [0.25, 0.3) is 0 Å². The monoisotopic (exact) mass is 268 g/mol. The number of allylic oxidation sites excluding steroid dienone is 1. The van der Waals surface area contributed by atoms with Gasteiger partial charge in [-0.15, -0.1) is 0 Å². The van der Waals surface area contributed by atoms with Crippen LogP contribution in [-0.2, 0) is 46.2 Å². The van der Waals surface area contributed by atoms with Crippen LogP contribution in [0.2, 0.25) is 0 Å². The molecule has 1 rings (SSSR count). The Kier molecular flexibility index (Phi) is 5.88. The zero-order valence-corrected chi connectivity index (χ0v) is 10.8. The number of aryl methyl sites for hydroxylation is 2. The fourth-order valence-corrected chi connectivity index (χ4v) is 1.03. The van der Waals surface area contributed by atoms with E-state index in [1.807, 2.05) is 0 Å². The van der Waals surface area contributed by atoms with Gasteiger partial charge in [0.25, 0.3) is 5.56 Å². The number of nitrogens with one attached hydrogen (secondary N) is 1. The van der Waals surface area contributed by atoms with E-state index in [1.54, 1.807) is 7.05 Å². The topological polar surface area (TPSA) is 54.9 Å². The van der Waals surface area contributed by atoms with Gasteiger partial charge in [0.2, 0.25) is 0 Å². The first kappa shape index (κ1) is 13.5. The summed E-state index contributed by atoms with van der Waals surface area (Å²) in [6.07, 6.45) is 4.20. The Balaban J connectivity index is 0.00000169. The zero-order chi connectivity index (χ0) is 9.84. The summed E-state index contributed by atoms with van der Waals surface area (Å²) in [5.74, 6) is 0. The van der Waals surface area contributed by atoms with E-state index in [2.05, 4.69) is 4.98 Å². The second-order valence-electron chi connectivity index (χ2n) is 2.80. The van der Waals surface area contributed by atoms with E-state index in [0.717, 1.165) is 0 Å². The van der Waals surface area contributed by atoms with Crippen LogP contribution < -0.4 is 11.2 Å². The first-order chi connectivity index (χ1) is 6.15. The van der Waals surface area contributed by atoms with Crippen molar-refractivity contribution in [3.63, 3.8) is 0 Å². The maximum absolute atomic E-state index is 11.2. The molecule has 0 saturated heterocycles. The second-order valence-corrected chi connectivity index (χ2v) is 2.80. The number of hydrogen-bond donors (Lipinski definition) is 1. The van der Waals surface area contributed by atoms with Crippen LogP contribution in [-0.4, -0.2) is 9.55 Å². The predicted molar refractivity (Wildman–Crippen MR) is 49.5 cm³/mol. The number of hydrogen-bond acceptors (Lipinski definition) is 2. The number of aromatic nitrogens is 2. The van der Waals surface area contributed by atoms with Crippen LogP contribution >= 0.6 is 0 Å². The van der Waals surface area contributed by atoms with Gasteiger partial charge in [-0.2, -0.15) is 0 Å². The van der Waals surface area contributed by atoms with Crippen molar-refractivity contribution in [1.82, 2.24) is 9.55 Å². The summed E-state index contributed by atoms with van der Waals surface area (Å²) in [5, 5.41) is 0. The molecular weight excluding hydrogens is 257 g/mol. The van der Waals surface area contributed by atoms with Crippen molar-refractivity contribution in [3.05, 3.63) is 45.3 Å². The van der Waals surface area contributed by atoms with Crippen molar-refractivity contribution >= 4 is 0 Å². The van der Waals surface area contributed by atoms with Crippen molar-refractivity contribution < 1.29 is 32.7 Å². The van der Waals surface area contributed by atoms with Crippen LogP contribution in [0.3, 0.4) is 0 Å². The van der Waals surface area contributed by atoms with E-state index >= 15 is 0 Å². The summed E-state index contributed by atoms with van der Waals surface area (Å²) in [5.41, 5.74) is -0.153. The molecule has 0 unspecified atom stereocenters. The van der Waals surface area contributed by atoms with E-state index in [1.165, 1.54) is 16.8 Å². The number of nitrogens with zero attached hydrogens (tertiary/aromatic N) is 1. The molecule has 1 aromatic rings. The quantitative estimate of drug-likeness (QED) is 0.784. The summed E-state index contributed by atoms with van der Waals surface area (Å²) in [4.78, 5) is 24.3. The van der Waals surface area contributed by atoms with E-state index in [9.17, 15) is 9.59 Å². The van der Waals surface area contributed by atoms with Gasteiger partial charge in [0.05, 0.1) is 0 Å². The van der Waals surface area contributed by atoms with Gasteiger partial charge in [0, 0.05) is 18.8 Å². The van der Waals surface area contributed by atoms with Crippen molar-refractivity contribution in [2.24, 2.45) is 7.05 Å². The average Bonchev–Trinajstić information content (AvgIpc) is 2.09. The molecule has 4 nitrogen and oxygen atoms in total. The third-order valence-corrected chi connectivity index (χ3v) is 1.76. The van der Waals surface area contributed by atoms with Crippen molar-refractivity contribution in [1.29, 1.82) is 0 Å². The number of rotatable bonds is 3. The number of aromatic amines is 1. The normalized spacial score (nSPS) is 9.21. The van der Waals surface area contributed by atoms with Crippen molar-refractivity contribution in [2.75, 3.05) is 0 Å². The zero-order valence-electron chi connectivity index (χ0n) is 7.99. The van der Waals surface area contributed by atoms with Crippen LogP contribution in [0.4, 0.5) is 0 Å². The third-order valence-electron chi connectivity index (χ3n) is 1.76. The smallest absolute Gasteiger partial charge is 0.518 e. The Morgan fingerprint density at radius 1 is 1.57 bits per heavy atom. The molecule has 0 aliphatic rings. The molecule has 0 saturated carbocycles. The standard InChI is InChI=1S/C9H11N2O2.Y/c1-3-4-5-7-6-11(2)9(13)10-8(7)12;/h1,3,6H,4-5H2,2H3,(H,10,12,13);/q-1;+3. The fraction of sp³-hybridized carbons (Fsp3) is 0.333. The van der Waals surface area contributed by atoms with Gasteiger partial charge in [0.1, 0.15) is 0 Å². The fourth-order valence-electron chi connectivity index (χ4n) is 1.03. The van der Waals surface area contributed by atoms with Crippen LogP contribution in [0.5, 0.6) is 0 Å². The number of H-pyrrole nitrogens is 1. The Labute approximate surface area is 107 Å². The van der Waals surface area contributed by atoms with Gasteiger partial charge in [-0.25, -0.2) is 4.79 Å². The minimum Gasteiger partial charge on any atom is -0.518 e. The van der Waals surface area contributed by atoms with E-state index < -0.39 is 5.69 Å². The Hall–Kier alpha value is -0.476. The van der Waals surface area contributed by atoms with Crippen LogP contribution in [0.15, 0.2) is 21.9 Å². The van der Waals surface area contributed by atoms with Gasteiger partial charge >= 0.3 is 38.4 Å². The first-order valence-electron chi connectivity index (χ1n) is 3.97. The summed E-state index contributed by atoms with van der Waals surface area (Å²) < 4.78 is 1.34. The van der Waals surface area contributed by atoms with Crippen LogP contribution in [0, 0.1) is 6.58 Å². The molecule has 0 radical (unpaired) electrons. The molecule has 0 aliphatic heterocycles. The van der Waals surface area contributed by atoms with E-state index in [-0.39, 0.29) is 38.3 Å². The maximum atomic E-state index is 11.2. The average molecular weight is 268 g/mol. The Bertz CT molecular complexity index is 420. The van der Waals surface area contributed by atoms with Crippen molar-refractivity contribution in [2.45, 2.75) is 12.8 Å². The van der Waals surface area contributed by atoms with Gasteiger partial charge < -0.3 is 11.1 Å². The molecule has 1 N–H and O–H groups in total. The molecule has 70 valence electrons. The minimum atomic E-state index is -0.398. The molecule has 0 bridgehead atoms. The second kappa shape index (κ2) is 6.09. The minimum absolute atomic E-state index is 0. The molecule has 1 aromatic heterocycles. The summed E-state index contributed by atoms with van der Waals surface area (Å²) in [6, 6.07) is 0. The molecule has 0 aromatic carbocycles. The maximum Gasteiger partial charge on any atom is 3.00 e. The summed E-state index contributed by atoms with van der Waals surface area (Å²) in [7, 11) is 1.59. The Morgan fingerprint density at radius 3 is 2.79 bits per heavy atom. The third kappa shape index (κ3) is 3.35. The van der Waals surface area contributed by atoms with Gasteiger partial charge in [-0.05, 0) is 6.42 Å². The summed E-state index contributed by atoms with van der Waals surface area (Å²) in [6.45, 7) is 5.19. The first-order valence-corrected chi connectivity index (χ1v) is 3.97. The van der Waals surface area contributed by atoms with Gasteiger partial charge in [-0.1, -0.05) is 6.42 Å². The molecule has 0 amide bonds. The molecule has 14 heavy (non-hydrogen) atoms. The van der Waals surface area contributed by atoms with Gasteiger partial charge in [-0.3, -0.25) is 15.9 Å². The summed E-state index contributed by atoms with van der Waals surface area (Å²) >= 11 is 0. The predicted octanol–water partition coefficient (Wildman–Crippen LogP) is -0.00711. The Morgan fingerprint density at radius 2 is 2.21 bits per heavy atom.